The third-order valence-electron chi connectivity index (χ3n) is 14.4. The summed E-state index contributed by atoms with van der Waals surface area (Å²) in [4.78, 5) is 16.3. The number of para-hydroxylation sites is 2. The second-order valence-electron chi connectivity index (χ2n) is 18.7. The average Bonchev–Trinajstić information content (AvgIpc) is 3.91. The second kappa shape index (κ2) is 13.9. The van der Waals surface area contributed by atoms with Gasteiger partial charge < -0.3 is 4.57 Å². The predicted octanol–water partition coefficient (Wildman–Crippen LogP) is 13.9. The van der Waals surface area contributed by atoms with Gasteiger partial charge in [-0.15, -0.1) is 0 Å². The fraction of sp³-hybridized carbons (Fsp3) is 0.0833. The SMILES string of the molecule is CC1(C)c2ccccc2-c2ccc(-c3nc(-c4ccccc4)nc(-c4cc5c(c6ccccc6n5-c5ccccc5)c5c6c(ccc45)-c4cccc(-c5ccccc5)c4[Si]6(C)C)n3)cc21. The van der Waals surface area contributed by atoms with Crippen LogP contribution in [0.15, 0.2) is 194 Å². The number of hydrogen-bond acceptors (Lipinski definition) is 3. The molecular formula is C60H44N4Si. The summed E-state index contributed by atoms with van der Waals surface area (Å²) in [6.07, 6.45) is 0. The molecule has 308 valence electrons. The molecule has 11 aromatic rings. The van der Waals surface area contributed by atoms with E-state index in [0.717, 1.165) is 33.3 Å². The summed E-state index contributed by atoms with van der Waals surface area (Å²) in [6, 6.07) is 70.6. The minimum atomic E-state index is -2.41. The number of aromatic nitrogens is 4. The molecule has 0 saturated heterocycles. The van der Waals surface area contributed by atoms with Gasteiger partial charge in [0.15, 0.2) is 17.5 Å². The molecular weight excluding hydrogens is 805 g/mol. The van der Waals surface area contributed by atoms with Crippen molar-refractivity contribution in [1.29, 1.82) is 0 Å². The van der Waals surface area contributed by atoms with Crippen LogP contribution in [0.5, 0.6) is 0 Å². The minimum absolute atomic E-state index is 0.166. The van der Waals surface area contributed by atoms with Crippen molar-refractivity contribution in [3.8, 4) is 73.2 Å². The fourth-order valence-electron chi connectivity index (χ4n) is 11.5. The highest BCUT2D eigenvalue weighted by Crippen LogP contribution is 2.50. The zero-order valence-electron chi connectivity index (χ0n) is 36.8. The Bertz CT molecular complexity index is 3760. The van der Waals surface area contributed by atoms with Crippen LogP contribution in [0, 0.1) is 0 Å². The quantitative estimate of drug-likeness (QED) is 0.162. The molecule has 4 nitrogen and oxygen atoms in total. The van der Waals surface area contributed by atoms with Crippen LogP contribution in [0.4, 0.5) is 0 Å². The van der Waals surface area contributed by atoms with E-state index in [9.17, 15) is 0 Å². The van der Waals surface area contributed by atoms with E-state index in [4.69, 9.17) is 15.0 Å². The molecule has 13 rings (SSSR count). The maximum Gasteiger partial charge on any atom is 0.164 e. The first-order valence-corrected chi connectivity index (χ1v) is 25.6. The molecule has 0 fully saturated rings. The molecule has 2 aromatic heterocycles. The van der Waals surface area contributed by atoms with Crippen LogP contribution in [0.3, 0.4) is 0 Å². The molecule has 0 unspecified atom stereocenters. The lowest BCUT2D eigenvalue weighted by atomic mass is 9.82. The van der Waals surface area contributed by atoms with Crippen LogP contribution in [-0.2, 0) is 5.41 Å². The summed E-state index contributed by atoms with van der Waals surface area (Å²) in [5.41, 5.74) is 16.7. The molecule has 0 amide bonds. The molecule has 1 aliphatic carbocycles. The summed E-state index contributed by atoms with van der Waals surface area (Å²) >= 11 is 0. The average molecular weight is 849 g/mol. The van der Waals surface area contributed by atoms with Crippen molar-refractivity contribution in [1.82, 2.24) is 19.5 Å². The number of benzene rings is 9. The van der Waals surface area contributed by atoms with Crippen LogP contribution in [0.25, 0.3) is 106 Å². The van der Waals surface area contributed by atoms with Crippen molar-refractivity contribution in [2.75, 3.05) is 0 Å². The first kappa shape index (κ1) is 37.8. The van der Waals surface area contributed by atoms with E-state index in [0.29, 0.717) is 17.5 Å². The number of rotatable bonds is 5. The summed E-state index contributed by atoms with van der Waals surface area (Å²) in [6.45, 7) is 9.77. The standard InChI is InChI=1S/C60H44N4Si/c1-60(2)49-29-16-14-25-42(49)43-32-31-39(35-50(43)60)58-61-57(38-21-10-6-11-22-38)62-59(63-58)48-36-52-53(47-26-15-17-30-51(47)64(52)40-23-12-7-13-24-40)54-44(48)33-34-46-45-28-18-27-41(37-19-8-5-9-20-37)55(45)65(3,4)56(46)54/h5-36H,1-4H3. The lowest BCUT2D eigenvalue weighted by molar-refractivity contribution is 0.660. The van der Waals surface area contributed by atoms with E-state index in [1.54, 1.807) is 0 Å². The maximum absolute atomic E-state index is 5.54. The monoisotopic (exact) mass is 848 g/mol. The largest absolute Gasteiger partial charge is 0.309 e. The Balaban J connectivity index is 1.14. The highest BCUT2D eigenvalue weighted by molar-refractivity contribution is 7.06. The van der Waals surface area contributed by atoms with Gasteiger partial charge in [0, 0.05) is 38.6 Å². The maximum atomic E-state index is 5.54. The number of fused-ring (bicyclic) bond motifs is 12. The van der Waals surface area contributed by atoms with Gasteiger partial charge in [-0.05, 0) is 96.0 Å². The molecule has 0 atom stereocenters. The molecule has 0 spiro atoms. The van der Waals surface area contributed by atoms with E-state index in [1.807, 2.05) is 6.07 Å². The minimum Gasteiger partial charge on any atom is -0.309 e. The van der Waals surface area contributed by atoms with Crippen molar-refractivity contribution in [2.45, 2.75) is 32.4 Å². The Labute approximate surface area is 379 Å². The van der Waals surface area contributed by atoms with Gasteiger partial charge in [-0.25, -0.2) is 15.0 Å². The molecule has 0 bridgehead atoms. The fourth-order valence-corrected chi connectivity index (χ4v) is 15.3. The van der Waals surface area contributed by atoms with Gasteiger partial charge >= 0.3 is 0 Å². The molecule has 0 radical (unpaired) electrons. The highest BCUT2D eigenvalue weighted by atomic mass is 28.3. The van der Waals surface area contributed by atoms with Crippen LogP contribution in [-0.4, -0.2) is 27.6 Å². The van der Waals surface area contributed by atoms with E-state index >= 15 is 0 Å². The normalized spacial score (nSPS) is 14.1. The van der Waals surface area contributed by atoms with Crippen LogP contribution >= 0.6 is 0 Å². The second-order valence-corrected chi connectivity index (χ2v) is 23.0. The third-order valence-corrected chi connectivity index (χ3v) is 17.9. The third kappa shape index (κ3) is 5.46. The molecule has 0 N–H and O–H groups in total. The van der Waals surface area contributed by atoms with Crippen LogP contribution in [0.2, 0.25) is 13.1 Å². The van der Waals surface area contributed by atoms with Gasteiger partial charge in [-0.3, -0.25) is 0 Å². The Hall–Kier alpha value is -7.73. The topological polar surface area (TPSA) is 43.6 Å². The highest BCUT2D eigenvalue weighted by Gasteiger charge is 2.42. The van der Waals surface area contributed by atoms with E-state index in [2.05, 4.69) is 220 Å². The van der Waals surface area contributed by atoms with Crippen molar-refractivity contribution >= 4 is 51.0 Å². The first-order valence-electron chi connectivity index (χ1n) is 22.6. The van der Waals surface area contributed by atoms with E-state index in [-0.39, 0.29) is 5.41 Å². The zero-order chi connectivity index (χ0) is 43.6. The van der Waals surface area contributed by atoms with Gasteiger partial charge in [0.05, 0.1) is 11.0 Å². The molecule has 3 heterocycles. The van der Waals surface area contributed by atoms with Gasteiger partial charge in [-0.2, -0.15) is 0 Å². The van der Waals surface area contributed by atoms with Gasteiger partial charge in [0.1, 0.15) is 8.07 Å². The van der Waals surface area contributed by atoms with E-state index in [1.165, 1.54) is 76.6 Å². The lowest BCUT2D eigenvalue weighted by Gasteiger charge is -2.24. The molecule has 0 saturated carbocycles. The molecule has 9 aromatic carbocycles. The molecule has 65 heavy (non-hydrogen) atoms. The van der Waals surface area contributed by atoms with Crippen molar-refractivity contribution in [3.63, 3.8) is 0 Å². The Morgan fingerprint density at radius 3 is 1.75 bits per heavy atom. The number of nitrogens with zero attached hydrogens (tertiary/aromatic N) is 4. The van der Waals surface area contributed by atoms with Gasteiger partial charge in [0.2, 0.25) is 0 Å². The Morgan fingerprint density at radius 2 is 0.969 bits per heavy atom. The summed E-state index contributed by atoms with van der Waals surface area (Å²) in [5, 5.41) is 7.93. The number of hydrogen-bond donors (Lipinski definition) is 0. The van der Waals surface area contributed by atoms with Gasteiger partial charge in [0.25, 0.3) is 0 Å². The summed E-state index contributed by atoms with van der Waals surface area (Å²) in [5.74, 6) is 1.98. The predicted molar refractivity (Wildman–Crippen MR) is 273 cm³/mol. The van der Waals surface area contributed by atoms with Crippen LogP contribution < -0.4 is 10.4 Å². The van der Waals surface area contributed by atoms with Crippen molar-refractivity contribution < 1.29 is 0 Å². The smallest absolute Gasteiger partial charge is 0.164 e. The molecule has 5 heteroatoms. The van der Waals surface area contributed by atoms with Gasteiger partial charge in [-0.1, -0.05) is 191 Å². The Kier molecular flexibility index (Phi) is 8.07. The van der Waals surface area contributed by atoms with E-state index < -0.39 is 8.07 Å². The Morgan fingerprint density at radius 1 is 0.385 bits per heavy atom. The van der Waals surface area contributed by atoms with Crippen LogP contribution in [0.1, 0.15) is 25.0 Å². The summed E-state index contributed by atoms with van der Waals surface area (Å²) in [7, 11) is -2.41. The molecule has 1 aliphatic heterocycles. The lowest BCUT2D eigenvalue weighted by Crippen LogP contribution is -2.50. The zero-order valence-corrected chi connectivity index (χ0v) is 37.8. The molecule has 2 aliphatic rings. The first-order chi connectivity index (χ1) is 31.8. The van der Waals surface area contributed by atoms with Crippen molar-refractivity contribution in [2.24, 2.45) is 0 Å². The summed E-state index contributed by atoms with van der Waals surface area (Å²) < 4.78 is 2.44. The van der Waals surface area contributed by atoms with Crippen molar-refractivity contribution in [3.05, 3.63) is 205 Å².